The summed E-state index contributed by atoms with van der Waals surface area (Å²) in [4.78, 5) is 17.4. The topological polar surface area (TPSA) is 43.6 Å². The Bertz CT molecular complexity index is 716. The van der Waals surface area contributed by atoms with E-state index in [1.54, 1.807) is 22.4 Å². The molecule has 0 aliphatic heterocycles. The third kappa shape index (κ3) is 2.24. The minimum absolute atomic E-state index is 0.346. The summed E-state index contributed by atoms with van der Waals surface area (Å²) in [6, 6.07) is 7.68. The minimum Gasteiger partial charge on any atom is -0.437 e. The van der Waals surface area contributed by atoms with Crippen LogP contribution in [0, 0.1) is 0 Å². The van der Waals surface area contributed by atoms with Crippen LogP contribution >= 0.6 is 23.1 Å². The van der Waals surface area contributed by atoms with Gasteiger partial charge in [-0.3, -0.25) is 9.20 Å². The summed E-state index contributed by atoms with van der Waals surface area (Å²) in [5, 5.41) is 1.88. The molecular formula is C13H10N2O2S2. The zero-order chi connectivity index (χ0) is 13.2. The number of carbonyl (C=O) groups is 1. The lowest BCUT2D eigenvalue weighted by atomic mass is 10.3. The van der Waals surface area contributed by atoms with Gasteiger partial charge in [-0.1, -0.05) is 0 Å². The van der Waals surface area contributed by atoms with E-state index >= 15 is 0 Å². The van der Waals surface area contributed by atoms with E-state index in [9.17, 15) is 4.79 Å². The van der Waals surface area contributed by atoms with Gasteiger partial charge in [-0.2, -0.15) is 4.98 Å². The SMILES string of the molecule is CSc1ccc(Oc2nc3sccn3c2C=O)cc1. The Labute approximate surface area is 118 Å². The second kappa shape index (κ2) is 5.07. The smallest absolute Gasteiger partial charge is 0.250 e. The van der Waals surface area contributed by atoms with E-state index in [-0.39, 0.29) is 0 Å². The number of thioether (sulfide) groups is 1. The molecule has 0 fully saturated rings. The van der Waals surface area contributed by atoms with Gasteiger partial charge in [0.15, 0.2) is 16.9 Å². The highest BCUT2D eigenvalue weighted by Crippen LogP contribution is 2.28. The van der Waals surface area contributed by atoms with Crippen LogP contribution in [0.1, 0.15) is 10.5 Å². The lowest BCUT2D eigenvalue weighted by Gasteiger charge is -2.03. The largest absolute Gasteiger partial charge is 0.437 e. The quantitative estimate of drug-likeness (QED) is 0.542. The van der Waals surface area contributed by atoms with Gasteiger partial charge >= 0.3 is 0 Å². The van der Waals surface area contributed by atoms with E-state index in [1.807, 2.05) is 35.9 Å². The Morgan fingerprint density at radius 2 is 2.16 bits per heavy atom. The van der Waals surface area contributed by atoms with Crippen molar-refractivity contribution in [1.29, 1.82) is 0 Å². The fourth-order valence-corrected chi connectivity index (χ4v) is 2.84. The molecule has 0 aliphatic rings. The molecule has 0 saturated carbocycles. The van der Waals surface area contributed by atoms with E-state index in [0.29, 0.717) is 17.3 Å². The van der Waals surface area contributed by atoms with Crippen molar-refractivity contribution in [3.05, 3.63) is 41.5 Å². The van der Waals surface area contributed by atoms with Crippen molar-refractivity contribution >= 4 is 34.3 Å². The molecule has 0 spiro atoms. The van der Waals surface area contributed by atoms with Crippen molar-refractivity contribution in [1.82, 2.24) is 9.38 Å². The number of imidazole rings is 1. The predicted molar refractivity (Wildman–Crippen MR) is 76.8 cm³/mol. The number of ether oxygens (including phenoxy) is 1. The van der Waals surface area contributed by atoms with E-state index in [1.165, 1.54) is 11.3 Å². The van der Waals surface area contributed by atoms with Crippen LogP contribution in [0.5, 0.6) is 11.6 Å². The van der Waals surface area contributed by atoms with Crippen molar-refractivity contribution < 1.29 is 9.53 Å². The molecule has 2 aromatic heterocycles. The lowest BCUT2D eigenvalue weighted by Crippen LogP contribution is -1.91. The van der Waals surface area contributed by atoms with E-state index in [2.05, 4.69) is 4.98 Å². The van der Waals surface area contributed by atoms with Crippen molar-refractivity contribution in [3.63, 3.8) is 0 Å². The number of carbonyl (C=O) groups excluding carboxylic acids is 1. The number of fused-ring (bicyclic) bond motifs is 1. The van der Waals surface area contributed by atoms with Crippen LogP contribution in [0.2, 0.25) is 0 Å². The molecule has 4 nitrogen and oxygen atoms in total. The molecule has 0 saturated heterocycles. The van der Waals surface area contributed by atoms with Gasteiger partial charge in [0.1, 0.15) is 5.75 Å². The fourth-order valence-electron chi connectivity index (χ4n) is 1.72. The second-order valence-corrected chi connectivity index (χ2v) is 5.51. The number of benzene rings is 1. The zero-order valence-corrected chi connectivity index (χ0v) is 11.7. The van der Waals surface area contributed by atoms with Crippen LogP contribution in [0.25, 0.3) is 4.96 Å². The molecule has 0 bridgehead atoms. The number of hydrogen-bond acceptors (Lipinski definition) is 5. The van der Waals surface area contributed by atoms with Gasteiger partial charge in [0.25, 0.3) is 0 Å². The molecule has 0 N–H and O–H groups in total. The predicted octanol–water partition coefficient (Wildman–Crippen LogP) is 3.72. The summed E-state index contributed by atoms with van der Waals surface area (Å²) in [7, 11) is 0. The Balaban J connectivity index is 1.95. The normalized spacial score (nSPS) is 10.8. The summed E-state index contributed by atoms with van der Waals surface area (Å²) in [5.41, 5.74) is 0.435. The Morgan fingerprint density at radius 3 is 2.84 bits per heavy atom. The first kappa shape index (κ1) is 12.3. The summed E-state index contributed by atoms with van der Waals surface area (Å²) < 4.78 is 7.40. The number of hydrogen-bond donors (Lipinski definition) is 0. The molecule has 0 amide bonds. The van der Waals surface area contributed by atoms with Gasteiger partial charge in [0.2, 0.25) is 5.88 Å². The van der Waals surface area contributed by atoms with Crippen LogP contribution in [-0.2, 0) is 0 Å². The summed E-state index contributed by atoms with van der Waals surface area (Å²) in [6.07, 6.45) is 4.59. The number of rotatable bonds is 4. The first-order valence-electron chi connectivity index (χ1n) is 5.54. The summed E-state index contributed by atoms with van der Waals surface area (Å²) in [6.45, 7) is 0. The number of nitrogens with zero attached hydrogens (tertiary/aromatic N) is 2. The molecule has 3 rings (SSSR count). The highest BCUT2D eigenvalue weighted by atomic mass is 32.2. The maximum atomic E-state index is 11.2. The first-order chi connectivity index (χ1) is 9.31. The maximum absolute atomic E-state index is 11.2. The molecule has 0 aliphatic carbocycles. The van der Waals surface area contributed by atoms with Crippen LogP contribution in [-0.4, -0.2) is 21.9 Å². The molecule has 2 heterocycles. The number of aromatic nitrogens is 2. The van der Waals surface area contributed by atoms with Gasteiger partial charge in [-0.15, -0.1) is 23.1 Å². The van der Waals surface area contributed by atoms with Gasteiger partial charge in [0.05, 0.1) is 0 Å². The average molecular weight is 290 g/mol. The van der Waals surface area contributed by atoms with Gasteiger partial charge in [-0.05, 0) is 30.5 Å². The van der Waals surface area contributed by atoms with Crippen LogP contribution < -0.4 is 4.74 Å². The van der Waals surface area contributed by atoms with Gasteiger partial charge < -0.3 is 4.74 Å². The first-order valence-corrected chi connectivity index (χ1v) is 7.65. The molecule has 0 radical (unpaired) electrons. The highest BCUT2D eigenvalue weighted by molar-refractivity contribution is 7.98. The molecule has 6 heteroatoms. The lowest BCUT2D eigenvalue weighted by molar-refractivity contribution is 0.111. The molecule has 96 valence electrons. The minimum atomic E-state index is 0.346. The maximum Gasteiger partial charge on any atom is 0.250 e. The van der Waals surface area contributed by atoms with Crippen molar-refractivity contribution in [2.24, 2.45) is 0 Å². The van der Waals surface area contributed by atoms with Gasteiger partial charge in [0, 0.05) is 16.5 Å². The highest BCUT2D eigenvalue weighted by Gasteiger charge is 2.14. The third-order valence-electron chi connectivity index (χ3n) is 2.65. The van der Waals surface area contributed by atoms with Crippen molar-refractivity contribution in [2.75, 3.05) is 6.26 Å². The second-order valence-electron chi connectivity index (χ2n) is 3.75. The van der Waals surface area contributed by atoms with Crippen LogP contribution in [0.3, 0.4) is 0 Å². The van der Waals surface area contributed by atoms with Crippen molar-refractivity contribution in [3.8, 4) is 11.6 Å². The van der Waals surface area contributed by atoms with Gasteiger partial charge in [-0.25, -0.2) is 0 Å². The molecule has 0 atom stereocenters. The van der Waals surface area contributed by atoms with Crippen LogP contribution in [0.15, 0.2) is 40.7 Å². The Morgan fingerprint density at radius 1 is 1.37 bits per heavy atom. The van der Waals surface area contributed by atoms with E-state index in [0.717, 1.165) is 16.1 Å². The molecule has 19 heavy (non-hydrogen) atoms. The number of aldehydes is 1. The Kier molecular flexibility index (Phi) is 3.27. The fraction of sp³-hybridized carbons (Fsp3) is 0.0769. The number of thiazole rings is 1. The molecule has 0 unspecified atom stereocenters. The molecule has 1 aromatic carbocycles. The standard InChI is InChI=1S/C13H10N2O2S2/c1-18-10-4-2-9(3-5-10)17-12-11(8-16)15-6-7-19-13(15)14-12/h2-8H,1H3. The monoisotopic (exact) mass is 290 g/mol. The van der Waals surface area contributed by atoms with E-state index in [4.69, 9.17) is 4.74 Å². The summed E-state index contributed by atoms with van der Waals surface area (Å²) in [5.74, 6) is 1.02. The van der Waals surface area contributed by atoms with E-state index < -0.39 is 0 Å². The summed E-state index contributed by atoms with van der Waals surface area (Å²) >= 11 is 3.13. The van der Waals surface area contributed by atoms with Crippen molar-refractivity contribution in [2.45, 2.75) is 4.90 Å². The molecule has 3 aromatic rings. The average Bonchev–Trinajstić information content (AvgIpc) is 3.00. The zero-order valence-electron chi connectivity index (χ0n) is 10.1. The molecular weight excluding hydrogens is 280 g/mol. The Hall–Kier alpha value is -1.79. The van der Waals surface area contributed by atoms with Crippen LogP contribution in [0.4, 0.5) is 0 Å². The third-order valence-corrected chi connectivity index (χ3v) is 4.15.